The van der Waals surface area contributed by atoms with Crippen molar-refractivity contribution in [3.8, 4) is 0 Å². The third-order valence-corrected chi connectivity index (χ3v) is 5.31. The van der Waals surface area contributed by atoms with Crippen molar-refractivity contribution in [3.63, 3.8) is 0 Å². The molecule has 136 valence electrons. The molecular formula is C18H27N5O2. The van der Waals surface area contributed by atoms with Gasteiger partial charge in [-0.1, -0.05) is 6.42 Å². The van der Waals surface area contributed by atoms with E-state index in [1.54, 1.807) is 19.3 Å². The first-order valence-corrected chi connectivity index (χ1v) is 9.03. The molecule has 0 unspecified atom stereocenters. The van der Waals surface area contributed by atoms with Gasteiger partial charge in [0.1, 0.15) is 0 Å². The van der Waals surface area contributed by atoms with Gasteiger partial charge in [0.05, 0.1) is 5.56 Å². The highest BCUT2D eigenvalue weighted by molar-refractivity contribution is 5.94. The standard InChI is InChI=1S/C18H27N5O2/c1-13(24)22-9-7-16-14(12-22)6-4-5-8-23(16)17(25)15-10-19-18(20-11-15)21(2)3/h10-11,14,16H,4-9,12H2,1-3H3/t14-,16+/m0/s1. The van der Waals surface area contributed by atoms with Crippen molar-refractivity contribution < 1.29 is 9.59 Å². The molecule has 0 bridgehead atoms. The minimum atomic E-state index is 0.0125. The topological polar surface area (TPSA) is 69.6 Å². The van der Waals surface area contributed by atoms with Crippen molar-refractivity contribution in [2.75, 3.05) is 38.6 Å². The Kier molecular flexibility index (Phi) is 5.20. The van der Waals surface area contributed by atoms with Crippen LogP contribution in [0.3, 0.4) is 0 Å². The van der Waals surface area contributed by atoms with Crippen molar-refractivity contribution in [1.82, 2.24) is 19.8 Å². The quantitative estimate of drug-likeness (QED) is 0.810. The Labute approximate surface area is 149 Å². The molecule has 2 atom stereocenters. The molecule has 0 saturated carbocycles. The van der Waals surface area contributed by atoms with E-state index >= 15 is 0 Å². The highest BCUT2D eigenvalue weighted by atomic mass is 16.2. The van der Waals surface area contributed by atoms with Gasteiger partial charge in [-0.05, 0) is 25.2 Å². The lowest BCUT2D eigenvalue weighted by Crippen LogP contribution is -2.53. The Bertz CT molecular complexity index is 631. The summed E-state index contributed by atoms with van der Waals surface area (Å²) in [4.78, 5) is 39.0. The van der Waals surface area contributed by atoms with Gasteiger partial charge in [0.15, 0.2) is 0 Å². The highest BCUT2D eigenvalue weighted by Gasteiger charge is 2.37. The fourth-order valence-electron chi connectivity index (χ4n) is 3.93. The largest absolute Gasteiger partial charge is 0.347 e. The van der Waals surface area contributed by atoms with Crippen LogP contribution in [-0.2, 0) is 4.79 Å². The number of piperidine rings is 1. The monoisotopic (exact) mass is 345 g/mol. The number of hydrogen-bond acceptors (Lipinski definition) is 5. The maximum Gasteiger partial charge on any atom is 0.257 e. The smallest absolute Gasteiger partial charge is 0.257 e. The summed E-state index contributed by atoms with van der Waals surface area (Å²) in [5, 5.41) is 0. The molecule has 3 heterocycles. The number of aromatic nitrogens is 2. The molecule has 2 fully saturated rings. The van der Waals surface area contributed by atoms with Crippen LogP contribution in [0.15, 0.2) is 12.4 Å². The van der Waals surface area contributed by atoms with Crippen LogP contribution < -0.4 is 4.90 Å². The number of carbonyl (C=O) groups is 2. The van der Waals surface area contributed by atoms with E-state index in [1.807, 2.05) is 28.8 Å². The van der Waals surface area contributed by atoms with Crippen LogP contribution >= 0.6 is 0 Å². The van der Waals surface area contributed by atoms with Gasteiger partial charge in [0, 0.05) is 59.1 Å². The summed E-state index contributed by atoms with van der Waals surface area (Å²) in [6, 6.07) is 0.208. The number of fused-ring (bicyclic) bond motifs is 1. The third-order valence-electron chi connectivity index (χ3n) is 5.31. The summed E-state index contributed by atoms with van der Waals surface area (Å²) in [5.74, 6) is 1.11. The van der Waals surface area contributed by atoms with Gasteiger partial charge in [-0.3, -0.25) is 9.59 Å². The van der Waals surface area contributed by atoms with Crippen molar-refractivity contribution in [2.24, 2.45) is 5.92 Å². The lowest BCUT2D eigenvalue weighted by Gasteiger charge is -2.42. The molecule has 2 amide bonds. The zero-order valence-corrected chi connectivity index (χ0v) is 15.3. The van der Waals surface area contributed by atoms with Gasteiger partial charge in [-0.25, -0.2) is 9.97 Å². The Balaban J connectivity index is 1.77. The minimum Gasteiger partial charge on any atom is -0.347 e. The summed E-state index contributed by atoms with van der Waals surface area (Å²) in [6.07, 6.45) is 7.29. The van der Waals surface area contributed by atoms with Crippen LogP contribution in [0.5, 0.6) is 0 Å². The molecule has 0 aromatic carbocycles. The summed E-state index contributed by atoms with van der Waals surface area (Å²) in [6.45, 7) is 3.90. The lowest BCUT2D eigenvalue weighted by atomic mass is 9.88. The van der Waals surface area contributed by atoms with Gasteiger partial charge in [0.25, 0.3) is 5.91 Å². The molecule has 0 spiro atoms. The Morgan fingerprint density at radius 1 is 1.12 bits per heavy atom. The van der Waals surface area contributed by atoms with E-state index in [1.165, 1.54) is 0 Å². The summed E-state index contributed by atoms with van der Waals surface area (Å²) in [5.41, 5.74) is 0.542. The number of rotatable bonds is 2. The molecule has 3 rings (SSSR count). The number of likely N-dealkylation sites (tertiary alicyclic amines) is 2. The van der Waals surface area contributed by atoms with Crippen LogP contribution in [0.2, 0.25) is 0 Å². The zero-order valence-electron chi connectivity index (χ0n) is 15.3. The second-order valence-electron chi connectivity index (χ2n) is 7.24. The molecule has 0 N–H and O–H groups in total. The first-order valence-electron chi connectivity index (χ1n) is 9.03. The van der Waals surface area contributed by atoms with Crippen molar-refractivity contribution in [1.29, 1.82) is 0 Å². The zero-order chi connectivity index (χ0) is 18.0. The summed E-state index contributed by atoms with van der Waals surface area (Å²) in [7, 11) is 3.75. The van der Waals surface area contributed by atoms with Gasteiger partial charge in [-0.15, -0.1) is 0 Å². The van der Waals surface area contributed by atoms with E-state index in [4.69, 9.17) is 0 Å². The molecule has 2 aliphatic rings. The second kappa shape index (κ2) is 7.37. The number of nitrogens with zero attached hydrogens (tertiary/aromatic N) is 5. The first kappa shape index (κ1) is 17.6. The first-order chi connectivity index (χ1) is 12.0. The maximum atomic E-state index is 13.1. The Morgan fingerprint density at radius 2 is 1.84 bits per heavy atom. The molecule has 25 heavy (non-hydrogen) atoms. The molecule has 1 aromatic rings. The fourth-order valence-corrected chi connectivity index (χ4v) is 3.93. The molecular weight excluding hydrogens is 318 g/mol. The average Bonchev–Trinajstić information content (AvgIpc) is 2.82. The molecule has 2 saturated heterocycles. The second-order valence-corrected chi connectivity index (χ2v) is 7.24. The molecule has 7 nitrogen and oxygen atoms in total. The molecule has 0 aliphatic carbocycles. The normalized spacial score (nSPS) is 23.6. The minimum absolute atomic E-state index is 0.0125. The van der Waals surface area contributed by atoms with E-state index < -0.39 is 0 Å². The molecule has 1 aromatic heterocycles. The lowest BCUT2D eigenvalue weighted by molar-refractivity contribution is -0.131. The summed E-state index contributed by atoms with van der Waals surface area (Å²) < 4.78 is 0. The van der Waals surface area contributed by atoms with Gasteiger partial charge < -0.3 is 14.7 Å². The van der Waals surface area contributed by atoms with Crippen LogP contribution in [0, 0.1) is 5.92 Å². The number of hydrogen-bond donors (Lipinski definition) is 0. The van der Waals surface area contributed by atoms with Crippen molar-refractivity contribution >= 4 is 17.8 Å². The number of anilines is 1. The Morgan fingerprint density at radius 3 is 2.48 bits per heavy atom. The van der Waals surface area contributed by atoms with Crippen LogP contribution in [-0.4, -0.2) is 71.4 Å². The van der Waals surface area contributed by atoms with E-state index in [0.717, 1.165) is 45.3 Å². The summed E-state index contributed by atoms with van der Waals surface area (Å²) >= 11 is 0. The van der Waals surface area contributed by atoms with E-state index in [0.29, 0.717) is 17.4 Å². The third kappa shape index (κ3) is 3.75. The number of carbonyl (C=O) groups excluding carboxylic acids is 2. The predicted octanol–water partition coefficient (Wildman–Crippen LogP) is 1.41. The van der Waals surface area contributed by atoms with Crippen molar-refractivity contribution in [3.05, 3.63) is 18.0 Å². The fraction of sp³-hybridized carbons (Fsp3) is 0.667. The predicted molar refractivity (Wildman–Crippen MR) is 95.4 cm³/mol. The molecule has 0 radical (unpaired) electrons. The van der Waals surface area contributed by atoms with E-state index in [-0.39, 0.29) is 17.9 Å². The van der Waals surface area contributed by atoms with E-state index in [9.17, 15) is 9.59 Å². The number of amides is 2. The van der Waals surface area contributed by atoms with Gasteiger partial charge >= 0.3 is 0 Å². The average molecular weight is 345 g/mol. The van der Waals surface area contributed by atoms with Crippen molar-refractivity contribution in [2.45, 2.75) is 38.6 Å². The van der Waals surface area contributed by atoms with Crippen LogP contribution in [0.25, 0.3) is 0 Å². The van der Waals surface area contributed by atoms with Crippen LogP contribution in [0.4, 0.5) is 5.95 Å². The Hall–Kier alpha value is -2.18. The van der Waals surface area contributed by atoms with Gasteiger partial charge in [0.2, 0.25) is 11.9 Å². The molecule has 7 heteroatoms. The SMILES string of the molecule is CC(=O)N1CC[C@@H]2[C@@H](CCCCN2C(=O)c2cnc(N(C)C)nc2)C1. The highest BCUT2D eigenvalue weighted by Crippen LogP contribution is 2.31. The van der Waals surface area contributed by atoms with Crippen LogP contribution in [0.1, 0.15) is 43.0 Å². The maximum absolute atomic E-state index is 13.1. The van der Waals surface area contributed by atoms with E-state index in [2.05, 4.69) is 9.97 Å². The van der Waals surface area contributed by atoms with Gasteiger partial charge in [-0.2, -0.15) is 0 Å². The molecule has 2 aliphatic heterocycles.